The summed E-state index contributed by atoms with van der Waals surface area (Å²) in [4.78, 5) is 13.5. The minimum atomic E-state index is -0.675. The third-order valence-electron chi connectivity index (χ3n) is 4.32. The monoisotopic (exact) mass is 328 g/mol. The van der Waals surface area contributed by atoms with Gasteiger partial charge >= 0.3 is 0 Å². The first-order chi connectivity index (χ1) is 11.5. The summed E-state index contributed by atoms with van der Waals surface area (Å²) < 4.78 is 13.0. The number of primary amides is 1. The Morgan fingerprint density at radius 3 is 2.58 bits per heavy atom. The second-order valence-corrected chi connectivity index (χ2v) is 6.29. The molecule has 2 aromatic carbocycles. The van der Waals surface area contributed by atoms with Gasteiger partial charge in [0.05, 0.1) is 6.10 Å². The number of aliphatic hydroxyl groups excluding tert-OH is 1. The topological polar surface area (TPSA) is 66.6 Å². The molecule has 0 heterocycles. The number of benzene rings is 2. The van der Waals surface area contributed by atoms with E-state index in [1.54, 1.807) is 24.3 Å². The van der Waals surface area contributed by atoms with Crippen molar-refractivity contribution in [3.8, 4) is 0 Å². The Hall–Kier alpha value is -2.24. The quantitative estimate of drug-likeness (QED) is 0.821. The maximum atomic E-state index is 13.0. The number of aliphatic hydroxyl groups is 1. The molecule has 1 fully saturated rings. The first-order valence-electron chi connectivity index (χ1n) is 8.09. The molecule has 0 spiro atoms. The number of rotatable bonds is 7. The van der Waals surface area contributed by atoms with Gasteiger partial charge in [-0.1, -0.05) is 24.3 Å². The van der Waals surface area contributed by atoms with Crippen LogP contribution in [-0.4, -0.2) is 28.5 Å². The van der Waals surface area contributed by atoms with Gasteiger partial charge in [-0.2, -0.15) is 0 Å². The van der Waals surface area contributed by atoms with E-state index in [9.17, 15) is 14.3 Å². The SMILES string of the molecule is NC(=O)c1cccc(CN(C[C@@H](O)c2ccc(F)cc2)C2CC2)c1. The molecule has 0 bridgehead atoms. The second kappa shape index (κ2) is 7.11. The van der Waals surface area contributed by atoms with Crippen molar-refractivity contribution in [1.82, 2.24) is 4.90 Å². The molecule has 0 unspecified atom stereocenters. The smallest absolute Gasteiger partial charge is 0.248 e. The molecule has 0 aliphatic heterocycles. The van der Waals surface area contributed by atoms with E-state index in [1.165, 1.54) is 12.1 Å². The molecule has 0 saturated heterocycles. The molecule has 1 amide bonds. The number of halogens is 1. The van der Waals surface area contributed by atoms with Gasteiger partial charge in [-0.15, -0.1) is 0 Å². The second-order valence-electron chi connectivity index (χ2n) is 6.29. The molecule has 2 aromatic rings. The molecule has 5 heteroatoms. The number of nitrogens with two attached hydrogens (primary N) is 1. The van der Waals surface area contributed by atoms with Crippen LogP contribution in [-0.2, 0) is 6.54 Å². The predicted molar refractivity (Wildman–Crippen MR) is 89.8 cm³/mol. The van der Waals surface area contributed by atoms with E-state index in [2.05, 4.69) is 4.90 Å². The van der Waals surface area contributed by atoms with Crippen LogP contribution in [0.4, 0.5) is 4.39 Å². The minimum Gasteiger partial charge on any atom is -0.387 e. The van der Waals surface area contributed by atoms with E-state index >= 15 is 0 Å². The summed E-state index contributed by atoms with van der Waals surface area (Å²) in [6.07, 6.45) is 1.53. The molecule has 24 heavy (non-hydrogen) atoms. The Morgan fingerprint density at radius 2 is 1.96 bits per heavy atom. The van der Waals surface area contributed by atoms with Gasteiger partial charge in [-0.25, -0.2) is 4.39 Å². The molecule has 1 atom stereocenters. The van der Waals surface area contributed by atoms with Crippen LogP contribution in [0, 0.1) is 5.82 Å². The van der Waals surface area contributed by atoms with Crippen molar-refractivity contribution in [3.63, 3.8) is 0 Å². The molecule has 3 rings (SSSR count). The summed E-state index contributed by atoms with van der Waals surface area (Å²) in [7, 11) is 0. The molecule has 0 aromatic heterocycles. The molecule has 4 nitrogen and oxygen atoms in total. The van der Waals surface area contributed by atoms with Gasteiger partial charge < -0.3 is 10.8 Å². The fraction of sp³-hybridized carbons (Fsp3) is 0.316. The maximum Gasteiger partial charge on any atom is 0.248 e. The van der Waals surface area contributed by atoms with Crippen molar-refractivity contribution >= 4 is 5.91 Å². The highest BCUT2D eigenvalue weighted by atomic mass is 19.1. The fourth-order valence-electron chi connectivity index (χ4n) is 2.85. The lowest BCUT2D eigenvalue weighted by Gasteiger charge is -2.25. The number of amides is 1. The lowest BCUT2D eigenvalue weighted by atomic mass is 10.1. The van der Waals surface area contributed by atoms with Crippen LogP contribution < -0.4 is 5.73 Å². The Labute approximate surface area is 140 Å². The molecule has 1 aliphatic rings. The molecule has 3 N–H and O–H groups in total. The minimum absolute atomic E-state index is 0.312. The molecule has 1 aliphatic carbocycles. The summed E-state index contributed by atoms with van der Waals surface area (Å²) in [6.45, 7) is 1.11. The zero-order valence-electron chi connectivity index (χ0n) is 13.4. The maximum absolute atomic E-state index is 13.0. The van der Waals surface area contributed by atoms with E-state index in [0.29, 0.717) is 30.3 Å². The standard InChI is InChI=1S/C19H21FN2O2/c20-16-6-4-14(5-7-16)18(23)12-22(17-8-9-17)11-13-2-1-3-15(10-13)19(21)24/h1-7,10,17-18,23H,8-9,11-12H2,(H2,21,24)/t18-/m1/s1. The van der Waals surface area contributed by atoms with Gasteiger partial charge in [-0.3, -0.25) is 9.69 Å². The Morgan fingerprint density at radius 1 is 1.25 bits per heavy atom. The molecule has 126 valence electrons. The van der Waals surface area contributed by atoms with E-state index in [-0.39, 0.29) is 5.82 Å². The zero-order chi connectivity index (χ0) is 17.1. The number of carbonyl (C=O) groups is 1. The number of carbonyl (C=O) groups excluding carboxylic acids is 1. The number of hydrogen-bond acceptors (Lipinski definition) is 3. The molecule has 0 radical (unpaired) electrons. The molecule has 1 saturated carbocycles. The van der Waals surface area contributed by atoms with Gasteiger partial charge in [0, 0.05) is 24.7 Å². The van der Waals surface area contributed by atoms with Crippen molar-refractivity contribution in [2.24, 2.45) is 5.73 Å². The Balaban J connectivity index is 1.70. The van der Waals surface area contributed by atoms with Crippen LogP contribution in [0.1, 0.15) is 40.4 Å². The van der Waals surface area contributed by atoms with Crippen LogP contribution in [0.25, 0.3) is 0 Å². The Kier molecular flexibility index (Phi) is 4.92. The summed E-state index contributed by atoms with van der Waals surface area (Å²) in [6, 6.07) is 13.6. The molecular formula is C19H21FN2O2. The van der Waals surface area contributed by atoms with Crippen molar-refractivity contribution in [1.29, 1.82) is 0 Å². The lowest BCUT2D eigenvalue weighted by molar-refractivity contribution is 0.0996. The number of nitrogens with zero attached hydrogens (tertiary/aromatic N) is 1. The van der Waals surface area contributed by atoms with E-state index in [0.717, 1.165) is 18.4 Å². The van der Waals surface area contributed by atoms with Crippen molar-refractivity contribution < 1.29 is 14.3 Å². The molecular weight excluding hydrogens is 307 g/mol. The highest BCUT2D eigenvalue weighted by Crippen LogP contribution is 2.30. The Bertz CT molecular complexity index is 714. The first-order valence-corrected chi connectivity index (χ1v) is 8.09. The fourth-order valence-corrected chi connectivity index (χ4v) is 2.85. The van der Waals surface area contributed by atoms with E-state index in [1.807, 2.05) is 12.1 Å². The van der Waals surface area contributed by atoms with E-state index < -0.39 is 12.0 Å². The predicted octanol–water partition coefficient (Wildman–Crippen LogP) is 2.62. The van der Waals surface area contributed by atoms with Crippen LogP contribution in [0.5, 0.6) is 0 Å². The highest BCUT2D eigenvalue weighted by molar-refractivity contribution is 5.92. The van der Waals surface area contributed by atoms with Crippen LogP contribution in [0.3, 0.4) is 0 Å². The summed E-state index contributed by atoms with van der Waals surface area (Å²) in [5.74, 6) is -0.755. The van der Waals surface area contributed by atoms with Crippen molar-refractivity contribution in [2.75, 3.05) is 6.54 Å². The average Bonchev–Trinajstić information content (AvgIpc) is 3.40. The highest BCUT2D eigenvalue weighted by Gasteiger charge is 2.30. The van der Waals surface area contributed by atoms with Gasteiger partial charge in [0.1, 0.15) is 5.82 Å². The van der Waals surface area contributed by atoms with Gasteiger partial charge in [0.15, 0.2) is 0 Å². The van der Waals surface area contributed by atoms with Gasteiger partial charge in [-0.05, 0) is 48.2 Å². The number of hydrogen-bond donors (Lipinski definition) is 2. The van der Waals surface area contributed by atoms with Crippen molar-refractivity contribution in [2.45, 2.75) is 31.5 Å². The van der Waals surface area contributed by atoms with Crippen LogP contribution >= 0.6 is 0 Å². The van der Waals surface area contributed by atoms with Crippen molar-refractivity contribution in [3.05, 3.63) is 71.0 Å². The third kappa shape index (κ3) is 4.19. The van der Waals surface area contributed by atoms with Gasteiger partial charge in [0.25, 0.3) is 0 Å². The van der Waals surface area contributed by atoms with Gasteiger partial charge in [0.2, 0.25) is 5.91 Å². The normalized spacial score (nSPS) is 15.5. The summed E-state index contributed by atoms with van der Waals surface area (Å²) in [5.41, 5.74) is 7.51. The third-order valence-corrected chi connectivity index (χ3v) is 4.32. The van der Waals surface area contributed by atoms with E-state index in [4.69, 9.17) is 5.73 Å². The zero-order valence-corrected chi connectivity index (χ0v) is 13.4. The van der Waals surface area contributed by atoms with Crippen LogP contribution in [0.15, 0.2) is 48.5 Å². The first kappa shape index (κ1) is 16.6. The average molecular weight is 328 g/mol. The van der Waals surface area contributed by atoms with Crippen LogP contribution in [0.2, 0.25) is 0 Å². The summed E-state index contributed by atoms with van der Waals surface area (Å²) in [5, 5.41) is 10.4. The summed E-state index contributed by atoms with van der Waals surface area (Å²) >= 11 is 0. The largest absolute Gasteiger partial charge is 0.387 e. The lowest BCUT2D eigenvalue weighted by Crippen LogP contribution is -2.30.